The van der Waals surface area contributed by atoms with Crippen molar-refractivity contribution in [2.24, 2.45) is 0 Å². The number of nitrogen functional groups attached to an aromatic ring is 1. The Balaban J connectivity index is 0.000000614. The molecule has 140 valence electrons. The molecule has 0 unspecified atom stereocenters. The van der Waals surface area contributed by atoms with Crippen LogP contribution >= 0.6 is 0 Å². The van der Waals surface area contributed by atoms with E-state index in [9.17, 15) is 9.59 Å². The molecule has 3 aromatic carbocycles. The zero-order valence-electron chi connectivity index (χ0n) is 15.9. The van der Waals surface area contributed by atoms with Crippen molar-refractivity contribution in [3.63, 3.8) is 0 Å². The largest absolute Gasteiger partial charge is 0.455 e. The summed E-state index contributed by atoms with van der Waals surface area (Å²) in [6.07, 6.45) is 0. The first-order valence-corrected chi connectivity index (χ1v) is 9.00. The fourth-order valence-electron chi connectivity index (χ4n) is 2.70. The highest BCUT2D eigenvalue weighted by Gasteiger charge is 2.28. The molecular weight excluding hydrogens is 342 g/mol. The fraction of sp³-hybridized carbons (Fsp3) is 0.182. The maximum absolute atomic E-state index is 11.9. The van der Waals surface area contributed by atoms with E-state index in [2.05, 4.69) is 0 Å². The van der Waals surface area contributed by atoms with Crippen LogP contribution in [0.15, 0.2) is 54.6 Å². The summed E-state index contributed by atoms with van der Waals surface area (Å²) in [7, 11) is 0. The lowest BCUT2D eigenvalue weighted by molar-refractivity contribution is 0.0391. The van der Waals surface area contributed by atoms with Crippen LogP contribution in [0.2, 0.25) is 0 Å². The van der Waals surface area contributed by atoms with Gasteiger partial charge in [0.1, 0.15) is 11.5 Å². The van der Waals surface area contributed by atoms with E-state index in [0.717, 1.165) is 0 Å². The van der Waals surface area contributed by atoms with Gasteiger partial charge in [-0.2, -0.15) is 0 Å². The summed E-state index contributed by atoms with van der Waals surface area (Å²) in [5.41, 5.74) is 7.10. The Labute approximate surface area is 158 Å². The second-order valence-electron chi connectivity index (χ2n) is 5.16. The number of hydrogen-bond acceptors (Lipinski definition) is 5. The van der Waals surface area contributed by atoms with Crippen LogP contribution in [0.25, 0.3) is 10.8 Å². The van der Waals surface area contributed by atoms with Crippen LogP contribution in [0.3, 0.4) is 0 Å². The maximum atomic E-state index is 11.9. The van der Waals surface area contributed by atoms with E-state index >= 15 is 0 Å². The highest BCUT2D eigenvalue weighted by Crippen LogP contribution is 2.37. The summed E-state index contributed by atoms with van der Waals surface area (Å²) in [5.74, 6) is -0.266. The zero-order valence-corrected chi connectivity index (χ0v) is 15.9. The molecule has 0 amide bonds. The van der Waals surface area contributed by atoms with E-state index in [4.69, 9.17) is 15.2 Å². The summed E-state index contributed by atoms with van der Waals surface area (Å²) < 4.78 is 10.6. The van der Waals surface area contributed by atoms with Gasteiger partial charge in [-0.15, -0.1) is 0 Å². The summed E-state index contributed by atoms with van der Waals surface area (Å²) in [6.45, 7) is 8.00. The Morgan fingerprint density at radius 3 is 2.04 bits per heavy atom. The van der Waals surface area contributed by atoms with Crippen molar-refractivity contribution in [3.05, 3.63) is 65.7 Å². The summed E-state index contributed by atoms with van der Waals surface area (Å²) in [4.78, 5) is 23.8. The van der Waals surface area contributed by atoms with Crippen molar-refractivity contribution in [3.8, 4) is 11.5 Å². The normalized spacial score (nSPS) is 11.6. The molecule has 0 saturated heterocycles. The average Bonchev–Trinajstić information content (AvgIpc) is 2.71. The summed E-state index contributed by atoms with van der Waals surface area (Å²) in [5, 5.41) is 1.20. The quantitative estimate of drug-likeness (QED) is 0.364. The molecule has 0 spiro atoms. The number of carbonyl (C=O) groups is 2. The van der Waals surface area contributed by atoms with Gasteiger partial charge < -0.3 is 15.2 Å². The molecule has 5 heteroatoms. The van der Waals surface area contributed by atoms with Crippen LogP contribution in [0.1, 0.15) is 48.4 Å². The highest BCUT2D eigenvalue weighted by atomic mass is 16.6. The highest BCUT2D eigenvalue weighted by molar-refractivity contribution is 6.21. The van der Waals surface area contributed by atoms with E-state index in [-0.39, 0.29) is 0 Å². The molecule has 0 aromatic heterocycles. The van der Waals surface area contributed by atoms with Gasteiger partial charge in [-0.3, -0.25) is 0 Å². The van der Waals surface area contributed by atoms with Crippen LogP contribution in [0.4, 0.5) is 5.69 Å². The summed E-state index contributed by atoms with van der Waals surface area (Å²) in [6, 6.07) is 15.5. The van der Waals surface area contributed by atoms with Crippen LogP contribution in [-0.2, 0) is 4.74 Å². The number of benzene rings is 3. The zero-order chi connectivity index (χ0) is 20.0. The average molecular weight is 365 g/mol. The van der Waals surface area contributed by atoms with E-state index in [1.54, 1.807) is 42.5 Å². The lowest BCUT2D eigenvalue weighted by Gasteiger charge is -2.17. The van der Waals surface area contributed by atoms with Gasteiger partial charge in [0.05, 0.1) is 16.8 Å². The Morgan fingerprint density at radius 2 is 1.37 bits per heavy atom. The standard InChI is InChI=1S/C18H11NO4.2C2H6/c19-13-6-1-2-7-15(13)22-14-9-8-12-16-10(14)4-3-5-11(16)17(20)23-18(12)21;2*1-2/h1-9H,19H2;2*1-2H3. The molecular formula is C22H23NO4. The molecule has 1 heterocycles. The Morgan fingerprint density at radius 1 is 0.741 bits per heavy atom. The maximum Gasteiger partial charge on any atom is 0.346 e. The minimum atomic E-state index is -0.649. The third kappa shape index (κ3) is 3.77. The molecule has 3 aromatic rings. The van der Waals surface area contributed by atoms with Crippen molar-refractivity contribution in [2.45, 2.75) is 27.7 Å². The molecule has 4 rings (SSSR count). The van der Waals surface area contributed by atoms with Gasteiger partial charge in [-0.05, 0) is 30.3 Å². The number of ether oxygens (including phenoxy) is 2. The molecule has 0 aliphatic carbocycles. The van der Waals surface area contributed by atoms with E-state index in [1.165, 1.54) is 0 Å². The SMILES string of the molecule is CC.CC.Nc1ccccc1Oc1ccc2c3c(cccc13)C(=O)OC2=O. The molecule has 2 N–H and O–H groups in total. The van der Waals surface area contributed by atoms with Crippen molar-refractivity contribution in [1.82, 2.24) is 0 Å². The minimum absolute atomic E-state index is 0.351. The van der Waals surface area contributed by atoms with Gasteiger partial charge in [0, 0.05) is 10.8 Å². The second-order valence-corrected chi connectivity index (χ2v) is 5.16. The number of rotatable bonds is 2. The van der Waals surface area contributed by atoms with E-state index in [0.29, 0.717) is 39.1 Å². The summed E-state index contributed by atoms with van der Waals surface area (Å²) >= 11 is 0. The second kappa shape index (κ2) is 8.85. The van der Waals surface area contributed by atoms with E-state index in [1.807, 2.05) is 39.8 Å². The Kier molecular flexibility index (Phi) is 6.55. The van der Waals surface area contributed by atoms with Crippen molar-refractivity contribution in [1.29, 1.82) is 0 Å². The van der Waals surface area contributed by atoms with Crippen molar-refractivity contribution >= 4 is 28.4 Å². The number of anilines is 1. The molecule has 0 radical (unpaired) electrons. The molecule has 1 aliphatic rings. The topological polar surface area (TPSA) is 78.6 Å². The number of hydrogen-bond donors (Lipinski definition) is 1. The van der Waals surface area contributed by atoms with Crippen LogP contribution in [0, 0.1) is 0 Å². The van der Waals surface area contributed by atoms with Crippen molar-refractivity contribution in [2.75, 3.05) is 5.73 Å². The van der Waals surface area contributed by atoms with Crippen LogP contribution < -0.4 is 10.5 Å². The first-order chi connectivity index (χ1) is 13.1. The van der Waals surface area contributed by atoms with Gasteiger partial charge in [-0.25, -0.2) is 9.59 Å². The van der Waals surface area contributed by atoms with Gasteiger partial charge >= 0.3 is 11.9 Å². The van der Waals surface area contributed by atoms with Crippen LogP contribution in [-0.4, -0.2) is 11.9 Å². The monoisotopic (exact) mass is 365 g/mol. The molecule has 1 aliphatic heterocycles. The minimum Gasteiger partial charge on any atom is -0.455 e. The lowest BCUT2D eigenvalue weighted by Crippen LogP contribution is -2.19. The Hall–Kier alpha value is -3.34. The first-order valence-electron chi connectivity index (χ1n) is 9.00. The number of para-hydroxylation sites is 2. The van der Waals surface area contributed by atoms with E-state index < -0.39 is 11.9 Å². The fourth-order valence-corrected chi connectivity index (χ4v) is 2.70. The van der Waals surface area contributed by atoms with Gasteiger partial charge in [-0.1, -0.05) is 52.0 Å². The molecule has 0 bridgehead atoms. The number of cyclic esters (lactones) is 2. The molecule has 27 heavy (non-hydrogen) atoms. The number of carbonyl (C=O) groups excluding carboxylic acids is 2. The lowest BCUT2D eigenvalue weighted by atomic mass is 9.96. The van der Waals surface area contributed by atoms with Gasteiger partial charge in [0.15, 0.2) is 0 Å². The molecule has 5 nitrogen and oxygen atoms in total. The van der Waals surface area contributed by atoms with Gasteiger partial charge in [0.2, 0.25) is 0 Å². The molecule has 0 atom stereocenters. The third-order valence-corrected chi connectivity index (χ3v) is 3.76. The smallest absolute Gasteiger partial charge is 0.346 e. The third-order valence-electron chi connectivity index (χ3n) is 3.76. The molecule has 0 fully saturated rings. The van der Waals surface area contributed by atoms with Crippen LogP contribution in [0.5, 0.6) is 11.5 Å². The number of nitrogens with two attached hydrogens (primary N) is 1. The predicted molar refractivity (Wildman–Crippen MR) is 107 cm³/mol. The number of esters is 2. The Bertz CT molecular complexity index is 959. The predicted octanol–water partition coefficient (Wildman–Crippen LogP) is 5.58. The van der Waals surface area contributed by atoms with Crippen molar-refractivity contribution < 1.29 is 19.1 Å². The first kappa shape index (κ1) is 20.0. The van der Waals surface area contributed by atoms with Gasteiger partial charge in [0.25, 0.3) is 0 Å². The molecule has 0 saturated carbocycles.